The molecule has 0 saturated heterocycles. The zero-order valence-electron chi connectivity index (χ0n) is 16.4. The Morgan fingerprint density at radius 3 is 2.46 bits per heavy atom. The summed E-state index contributed by atoms with van der Waals surface area (Å²) in [6.07, 6.45) is 4.04. The highest BCUT2D eigenvalue weighted by Gasteiger charge is 2.38. The molecule has 1 fully saturated rings. The molecule has 1 aromatic carbocycles. The number of nitrogens with one attached hydrogen (secondary N) is 2. The third-order valence-electron chi connectivity index (χ3n) is 5.18. The molecule has 26 heavy (non-hydrogen) atoms. The van der Waals surface area contributed by atoms with Crippen molar-refractivity contribution in [1.82, 2.24) is 10.6 Å². The lowest BCUT2D eigenvalue weighted by molar-refractivity contribution is -0.128. The Morgan fingerprint density at radius 1 is 1.27 bits per heavy atom. The first kappa shape index (κ1) is 25.2. The number of hydrogen-bond donors (Lipinski definition) is 3. The molecule has 150 valence electrons. The average molecular weight is 404 g/mol. The molecule has 1 aromatic rings. The summed E-state index contributed by atoms with van der Waals surface area (Å²) in [5, 5.41) is 6.73. The van der Waals surface area contributed by atoms with Gasteiger partial charge in [-0.2, -0.15) is 0 Å². The maximum absolute atomic E-state index is 12.6. The SMILES string of the molecule is CC(NC(C)(C)CNC(=O)C1CCCCC1(C)N)c1ccccc1.Cl.Cl. The van der Waals surface area contributed by atoms with Crippen molar-refractivity contribution in [2.24, 2.45) is 11.7 Å². The summed E-state index contributed by atoms with van der Waals surface area (Å²) in [7, 11) is 0. The van der Waals surface area contributed by atoms with Gasteiger partial charge in [-0.25, -0.2) is 0 Å². The van der Waals surface area contributed by atoms with Crippen LogP contribution in [-0.4, -0.2) is 23.5 Å². The molecule has 4 N–H and O–H groups in total. The number of hydrogen-bond acceptors (Lipinski definition) is 3. The third-order valence-corrected chi connectivity index (χ3v) is 5.18. The van der Waals surface area contributed by atoms with Gasteiger partial charge in [-0.3, -0.25) is 4.79 Å². The number of carbonyl (C=O) groups is 1. The molecule has 1 aliphatic rings. The number of rotatable bonds is 6. The van der Waals surface area contributed by atoms with Gasteiger partial charge in [-0.1, -0.05) is 43.2 Å². The first-order valence-electron chi connectivity index (χ1n) is 9.10. The van der Waals surface area contributed by atoms with Gasteiger partial charge in [0.15, 0.2) is 0 Å². The molecule has 0 aromatic heterocycles. The van der Waals surface area contributed by atoms with Gasteiger partial charge in [0.2, 0.25) is 5.91 Å². The minimum Gasteiger partial charge on any atom is -0.354 e. The van der Waals surface area contributed by atoms with Gasteiger partial charge >= 0.3 is 0 Å². The molecule has 1 saturated carbocycles. The Labute approximate surface area is 170 Å². The van der Waals surface area contributed by atoms with Crippen LogP contribution < -0.4 is 16.4 Å². The molecule has 1 aliphatic carbocycles. The Bertz CT molecular complexity index is 549. The van der Waals surface area contributed by atoms with Crippen LogP contribution in [0.1, 0.15) is 65.0 Å². The van der Waals surface area contributed by atoms with Crippen LogP contribution in [0.5, 0.6) is 0 Å². The summed E-state index contributed by atoms with van der Waals surface area (Å²) in [5.74, 6) is 0.0236. The van der Waals surface area contributed by atoms with E-state index in [0.717, 1.165) is 25.7 Å². The average Bonchev–Trinajstić information content (AvgIpc) is 2.53. The maximum atomic E-state index is 12.6. The first-order chi connectivity index (χ1) is 11.2. The lowest BCUT2D eigenvalue weighted by atomic mass is 9.74. The van der Waals surface area contributed by atoms with E-state index in [1.165, 1.54) is 5.56 Å². The molecular weight excluding hydrogens is 369 g/mol. The zero-order chi connectivity index (χ0) is 17.8. The van der Waals surface area contributed by atoms with E-state index >= 15 is 0 Å². The van der Waals surface area contributed by atoms with Crippen molar-refractivity contribution < 1.29 is 4.79 Å². The standard InChI is InChI=1S/C20H33N3O.2ClH/c1-15(16-10-6-5-7-11-16)23-19(2,3)14-22-18(24)17-12-8-9-13-20(17,4)21;;/h5-7,10-11,15,17,23H,8-9,12-14,21H2,1-4H3,(H,22,24);2*1H. The molecule has 0 aliphatic heterocycles. The Balaban J connectivity index is 0.00000312. The number of benzene rings is 1. The van der Waals surface area contributed by atoms with Gasteiger partial charge < -0.3 is 16.4 Å². The molecule has 1 amide bonds. The second kappa shape index (κ2) is 10.5. The fraction of sp³-hybridized carbons (Fsp3) is 0.650. The minimum atomic E-state index is -0.378. The molecule has 6 heteroatoms. The summed E-state index contributed by atoms with van der Waals surface area (Å²) >= 11 is 0. The number of nitrogens with two attached hydrogens (primary N) is 1. The summed E-state index contributed by atoms with van der Waals surface area (Å²) in [6.45, 7) is 8.99. The van der Waals surface area contributed by atoms with Crippen LogP contribution >= 0.6 is 24.8 Å². The Morgan fingerprint density at radius 2 is 1.88 bits per heavy atom. The highest BCUT2D eigenvalue weighted by atomic mass is 35.5. The molecule has 3 unspecified atom stereocenters. The molecule has 0 bridgehead atoms. The van der Waals surface area contributed by atoms with E-state index in [1.807, 2.05) is 25.1 Å². The summed E-state index contributed by atoms with van der Waals surface area (Å²) in [5.41, 5.74) is 7.02. The van der Waals surface area contributed by atoms with Crippen molar-refractivity contribution in [3.63, 3.8) is 0 Å². The van der Waals surface area contributed by atoms with Crippen LogP contribution in [0.15, 0.2) is 30.3 Å². The van der Waals surface area contributed by atoms with Crippen LogP contribution in [0.4, 0.5) is 0 Å². The van der Waals surface area contributed by atoms with Gasteiger partial charge in [0.1, 0.15) is 0 Å². The summed E-state index contributed by atoms with van der Waals surface area (Å²) in [4.78, 5) is 12.6. The first-order valence-corrected chi connectivity index (χ1v) is 9.10. The van der Waals surface area contributed by atoms with Crippen molar-refractivity contribution in [3.8, 4) is 0 Å². The fourth-order valence-electron chi connectivity index (χ4n) is 3.68. The van der Waals surface area contributed by atoms with Crippen LogP contribution in [0, 0.1) is 5.92 Å². The molecule has 0 radical (unpaired) electrons. The summed E-state index contributed by atoms with van der Waals surface area (Å²) < 4.78 is 0. The van der Waals surface area contributed by atoms with Crippen molar-refractivity contribution in [3.05, 3.63) is 35.9 Å². The van der Waals surface area contributed by atoms with Gasteiger partial charge in [-0.15, -0.1) is 24.8 Å². The van der Waals surface area contributed by atoms with E-state index in [-0.39, 0.29) is 53.8 Å². The van der Waals surface area contributed by atoms with Gasteiger partial charge in [0.05, 0.1) is 5.92 Å². The van der Waals surface area contributed by atoms with E-state index in [1.54, 1.807) is 0 Å². The smallest absolute Gasteiger partial charge is 0.225 e. The van der Waals surface area contributed by atoms with Crippen molar-refractivity contribution in [2.75, 3.05) is 6.54 Å². The van der Waals surface area contributed by atoms with E-state index in [4.69, 9.17) is 5.73 Å². The molecular formula is C20H35Cl2N3O. The van der Waals surface area contributed by atoms with Crippen LogP contribution in [0.25, 0.3) is 0 Å². The van der Waals surface area contributed by atoms with Gasteiger partial charge in [0.25, 0.3) is 0 Å². The van der Waals surface area contributed by atoms with Crippen molar-refractivity contribution in [2.45, 2.75) is 70.5 Å². The highest BCUT2D eigenvalue weighted by molar-refractivity contribution is 5.85. The normalized spacial score (nSPS) is 24.0. The maximum Gasteiger partial charge on any atom is 0.225 e. The van der Waals surface area contributed by atoms with E-state index < -0.39 is 0 Å². The predicted molar refractivity (Wildman–Crippen MR) is 114 cm³/mol. The Hall–Kier alpha value is -0.810. The van der Waals surface area contributed by atoms with Crippen molar-refractivity contribution >= 4 is 30.7 Å². The summed E-state index contributed by atoms with van der Waals surface area (Å²) in [6, 6.07) is 10.6. The van der Waals surface area contributed by atoms with E-state index in [9.17, 15) is 4.79 Å². The number of halogens is 2. The second-order valence-electron chi connectivity index (χ2n) is 8.18. The van der Waals surface area contributed by atoms with E-state index in [0.29, 0.717) is 6.54 Å². The predicted octanol–water partition coefficient (Wildman–Crippen LogP) is 3.98. The van der Waals surface area contributed by atoms with E-state index in [2.05, 4.69) is 43.5 Å². The molecule has 0 heterocycles. The van der Waals surface area contributed by atoms with Gasteiger partial charge in [0, 0.05) is 23.7 Å². The number of carbonyl (C=O) groups excluding carboxylic acids is 1. The van der Waals surface area contributed by atoms with Gasteiger partial charge in [-0.05, 0) is 46.1 Å². The zero-order valence-corrected chi connectivity index (χ0v) is 18.0. The molecule has 3 atom stereocenters. The lowest BCUT2D eigenvalue weighted by Crippen LogP contribution is -2.56. The molecule has 4 nitrogen and oxygen atoms in total. The topological polar surface area (TPSA) is 67.1 Å². The molecule has 2 rings (SSSR count). The van der Waals surface area contributed by atoms with Crippen LogP contribution in [-0.2, 0) is 4.79 Å². The minimum absolute atomic E-state index is 0. The Kier molecular flexibility index (Phi) is 10.2. The fourth-order valence-corrected chi connectivity index (χ4v) is 3.68. The third kappa shape index (κ3) is 7.07. The lowest BCUT2D eigenvalue weighted by Gasteiger charge is -2.38. The number of amides is 1. The molecule has 0 spiro atoms. The van der Waals surface area contributed by atoms with Crippen LogP contribution in [0.2, 0.25) is 0 Å². The highest BCUT2D eigenvalue weighted by Crippen LogP contribution is 2.31. The monoisotopic (exact) mass is 403 g/mol. The van der Waals surface area contributed by atoms with Crippen molar-refractivity contribution in [1.29, 1.82) is 0 Å². The van der Waals surface area contributed by atoms with Crippen LogP contribution in [0.3, 0.4) is 0 Å². The second-order valence-corrected chi connectivity index (χ2v) is 8.18. The largest absolute Gasteiger partial charge is 0.354 e. The quantitative estimate of drug-likeness (QED) is 0.672.